The van der Waals surface area contributed by atoms with Crippen LogP contribution in [-0.4, -0.2) is 15.9 Å². The fourth-order valence-corrected chi connectivity index (χ4v) is 3.07. The summed E-state index contributed by atoms with van der Waals surface area (Å²) >= 11 is 7.24. The monoisotopic (exact) mass is 358 g/mol. The zero-order chi connectivity index (χ0) is 16.8. The second-order valence-electron chi connectivity index (χ2n) is 4.98. The van der Waals surface area contributed by atoms with Crippen LogP contribution in [0, 0.1) is 0 Å². The number of amides is 1. The standard InChI is InChI=1S/C17H15ClN4OS/c18-17-22-11-13(24-17)10-20-15-7-2-1-6-14(15)16(23)21-9-12-5-3-4-8-19-12/h1-8,11,20H,9-10H2,(H,21,23). The highest BCUT2D eigenvalue weighted by molar-refractivity contribution is 7.15. The van der Waals surface area contributed by atoms with Crippen molar-refractivity contribution in [2.75, 3.05) is 5.32 Å². The molecule has 1 amide bonds. The van der Waals surface area contributed by atoms with E-state index in [0.717, 1.165) is 16.3 Å². The number of para-hydroxylation sites is 1. The number of rotatable bonds is 6. The van der Waals surface area contributed by atoms with Gasteiger partial charge in [0.1, 0.15) is 0 Å². The SMILES string of the molecule is O=C(NCc1ccccn1)c1ccccc1NCc1cnc(Cl)s1. The quantitative estimate of drug-likeness (QED) is 0.704. The van der Waals surface area contributed by atoms with E-state index >= 15 is 0 Å². The van der Waals surface area contributed by atoms with Gasteiger partial charge in [0.15, 0.2) is 4.47 Å². The molecule has 0 saturated heterocycles. The lowest BCUT2D eigenvalue weighted by atomic mass is 10.1. The first kappa shape index (κ1) is 16.4. The summed E-state index contributed by atoms with van der Waals surface area (Å²) in [4.78, 5) is 21.7. The van der Waals surface area contributed by atoms with Crippen molar-refractivity contribution in [1.29, 1.82) is 0 Å². The molecule has 0 aliphatic rings. The number of anilines is 1. The molecule has 0 bridgehead atoms. The van der Waals surface area contributed by atoms with Crippen LogP contribution >= 0.6 is 22.9 Å². The Kier molecular flexibility index (Phi) is 5.40. The highest BCUT2D eigenvalue weighted by Gasteiger charge is 2.11. The van der Waals surface area contributed by atoms with E-state index in [-0.39, 0.29) is 5.91 Å². The number of carbonyl (C=O) groups excluding carboxylic acids is 1. The van der Waals surface area contributed by atoms with Crippen LogP contribution in [0.15, 0.2) is 54.9 Å². The molecule has 0 saturated carbocycles. The van der Waals surface area contributed by atoms with Crippen molar-refractivity contribution in [2.24, 2.45) is 0 Å². The molecule has 3 aromatic rings. The minimum absolute atomic E-state index is 0.147. The maximum Gasteiger partial charge on any atom is 0.253 e. The summed E-state index contributed by atoms with van der Waals surface area (Å²) in [5.74, 6) is -0.147. The highest BCUT2D eigenvalue weighted by Crippen LogP contribution is 2.21. The van der Waals surface area contributed by atoms with Crippen LogP contribution in [-0.2, 0) is 13.1 Å². The maximum absolute atomic E-state index is 12.4. The van der Waals surface area contributed by atoms with Gasteiger partial charge in [-0.05, 0) is 24.3 Å². The predicted molar refractivity (Wildman–Crippen MR) is 96.3 cm³/mol. The van der Waals surface area contributed by atoms with E-state index < -0.39 is 0 Å². The number of carbonyl (C=O) groups is 1. The van der Waals surface area contributed by atoms with Crippen LogP contribution in [0.3, 0.4) is 0 Å². The Morgan fingerprint density at radius 1 is 1.08 bits per heavy atom. The Morgan fingerprint density at radius 2 is 1.92 bits per heavy atom. The van der Waals surface area contributed by atoms with Gasteiger partial charge in [0, 0.05) is 23.0 Å². The first-order valence-electron chi connectivity index (χ1n) is 7.33. The third kappa shape index (κ3) is 4.31. The average Bonchev–Trinajstić information content (AvgIpc) is 3.04. The molecule has 5 nitrogen and oxygen atoms in total. The summed E-state index contributed by atoms with van der Waals surface area (Å²) < 4.78 is 0.508. The molecular weight excluding hydrogens is 344 g/mol. The van der Waals surface area contributed by atoms with E-state index in [4.69, 9.17) is 11.6 Å². The van der Waals surface area contributed by atoms with Gasteiger partial charge in [-0.25, -0.2) is 4.98 Å². The van der Waals surface area contributed by atoms with Gasteiger partial charge in [-0.15, -0.1) is 11.3 Å². The maximum atomic E-state index is 12.4. The van der Waals surface area contributed by atoms with Crippen molar-refractivity contribution in [1.82, 2.24) is 15.3 Å². The molecule has 0 aliphatic carbocycles. The fraction of sp³-hybridized carbons (Fsp3) is 0.118. The van der Waals surface area contributed by atoms with Crippen LogP contribution in [0.4, 0.5) is 5.69 Å². The Labute approximate surface area is 148 Å². The van der Waals surface area contributed by atoms with Gasteiger partial charge in [0.05, 0.1) is 24.3 Å². The van der Waals surface area contributed by atoms with E-state index in [1.165, 1.54) is 11.3 Å². The highest BCUT2D eigenvalue weighted by atomic mass is 35.5. The molecule has 0 unspecified atom stereocenters. The normalized spacial score (nSPS) is 10.4. The molecule has 7 heteroatoms. The molecule has 0 spiro atoms. The summed E-state index contributed by atoms with van der Waals surface area (Å²) in [7, 11) is 0. The second-order valence-corrected chi connectivity index (χ2v) is 6.68. The van der Waals surface area contributed by atoms with Crippen molar-refractivity contribution in [3.8, 4) is 0 Å². The van der Waals surface area contributed by atoms with Crippen molar-refractivity contribution in [3.63, 3.8) is 0 Å². The molecule has 1 aromatic carbocycles. The molecule has 3 rings (SSSR count). The summed E-state index contributed by atoms with van der Waals surface area (Å²) in [6.45, 7) is 0.952. The molecular formula is C17H15ClN4OS. The van der Waals surface area contributed by atoms with Gasteiger partial charge in [-0.1, -0.05) is 29.8 Å². The number of aromatic nitrogens is 2. The smallest absolute Gasteiger partial charge is 0.253 e. The van der Waals surface area contributed by atoms with E-state index in [0.29, 0.717) is 23.1 Å². The molecule has 0 fully saturated rings. The zero-order valence-corrected chi connectivity index (χ0v) is 14.3. The minimum Gasteiger partial charge on any atom is -0.379 e. The number of hydrogen-bond donors (Lipinski definition) is 2. The van der Waals surface area contributed by atoms with Crippen LogP contribution in [0.25, 0.3) is 0 Å². The number of benzene rings is 1. The number of halogens is 1. The average molecular weight is 359 g/mol. The largest absolute Gasteiger partial charge is 0.379 e. The Morgan fingerprint density at radius 3 is 2.67 bits per heavy atom. The molecule has 0 aliphatic heterocycles. The van der Waals surface area contributed by atoms with Crippen molar-refractivity contribution in [3.05, 3.63) is 75.5 Å². The fourth-order valence-electron chi connectivity index (χ4n) is 2.15. The first-order valence-corrected chi connectivity index (χ1v) is 8.53. The lowest BCUT2D eigenvalue weighted by Gasteiger charge is -2.11. The third-order valence-electron chi connectivity index (χ3n) is 3.31. The predicted octanol–water partition coefficient (Wildman–Crippen LogP) is 3.73. The molecule has 122 valence electrons. The van der Waals surface area contributed by atoms with Crippen LogP contribution < -0.4 is 10.6 Å². The lowest BCUT2D eigenvalue weighted by Crippen LogP contribution is -2.24. The van der Waals surface area contributed by atoms with E-state index in [1.807, 2.05) is 36.4 Å². The Bertz CT molecular complexity index is 822. The zero-order valence-electron chi connectivity index (χ0n) is 12.7. The van der Waals surface area contributed by atoms with Crippen molar-refractivity contribution in [2.45, 2.75) is 13.1 Å². The molecule has 0 atom stereocenters. The molecule has 0 radical (unpaired) electrons. The summed E-state index contributed by atoms with van der Waals surface area (Å²) in [5.41, 5.74) is 2.17. The van der Waals surface area contributed by atoms with E-state index in [9.17, 15) is 4.79 Å². The summed E-state index contributed by atoms with van der Waals surface area (Å²) in [6, 6.07) is 13.0. The number of hydrogen-bond acceptors (Lipinski definition) is 5. The first-order chi connectivity index (χ1) is 11.7. The molecule has 2 heterocycles. The number of pyridine rings is 1. The number of nitrogens with one attached hydrogen (secondary N) is 2. The van der Waals surface area contributed by atoms with Gasteiger partial charge in [-0.2, -0.15) is 0 Å². The van der Waals surface area contributed by atoms with Gasteiger partial charge in [-0.3, -0.25) is 9.78 Å². The molecule has 2 aromatic heterocycles. The molecule has 2 N–H and O–H groups in total. The van der Waals surface area contributed by atoms with Gasteiger partial charge in [0.2, 0.25) is 0 Å². The summed E-state index contributed by atoms with van der Waals surface area (Å²) in [6.07, 6.45) is 3.43. The topological polar surface area (TPSA) is 66.9 Å². The van der Waals surface area contributed by atoms with Gasteiger partial charge in [0.25, 0.3) is 5.91 Å². The van der Waals surface area contributed by atoms with Crippen molar-refractivity contribution >= 4 is 34.5 Å². The number of nitrogens with zero attached hydrogens (tertiary/aromatic N) is 2. The third-order valence-corrected chi connectivity index (χ3v) is 4.42. The van der Waals surface area contributed by atoms with Gasteiger partial charge >= 0.3 is 0 Å². The Balaban J connectivity index is 1.65. The van der Waals surface area contributed by atoms with Gasteiger partial charge < -0.3 is 10.6 Å². The minimum atomic E-state index is -0.147. The summed E-state index contributed by atoms with van der Waals surface area (Å²) in [5, 5.41) is 6.14. The van der Waals surface area contributed by atoms with E-state index in [1.54, 1.807) is 18.5 Å². The van der Waals surface area contributed by atoms with Crippen molar-refractivity contribution < 1.29 is 4.79 Å². The van der Waals surface area contributed by atoms with Crippen LogP contribution in [0.2, 0.25) is 4.47 Å². The lowest BCUT2D eigenvalue weighted by molar-refractivity contribution is 0.0951. The van der Waals surface area contributed by atoms with E-state index in [2.05, 4.69) is 20.6 Å². The second kappa shape index (κ2) is 7.90. The molecule has 24 heavy (non-hydrogen) atoms. The van der Waals surface area contributed by atoms with Crippen LogP contribution in [0.1, 0.15) is 20.9 Å². The van der Waals surface area contributed by atoms with Crippen LogP contribution in [0.5, 0.6) is 0 Å². The number of thiazole rings is 1. The Hall–Kier alpha value is -2.44.